The molecule has 0 saturated heterocycles. The maximum absolute atomic E-state index is 13.8. The number of hydrogen-bond acceptors (Lipinski definition) is 3. The summed E-state index contributed by atoms with van der Waals surface area (Å²) in [5, 5.41) is 10.3. The van der Waals surface area contributed by atoms with Crippen molar-refractivity contribution in [2.24, 2.45) is 0 Å². The number of aliphatic hydroxyl groups excluding tert-OH is 1. The highest BCUT2D eigenvalue weighted by molar-refractivity contribution is 7.80. The van der Waals surface area contributed by atoms with Gasteiger partial charge in [0.1, 0.15) is 5.78 Å². The monoisotopic (exact) mass is 316 g/mol. The van der Waals surface area contributed by atoms with Gasteiger partial charge >= 0.3 is 0 Å². The zero-order chi connectivity index (χ0) is 16.0. The van der Waals surface area contributed by atoms with Gasteiger partial charge in [0.2, 0.25) is 0 Å². The first-order valence-electron chi connectivity index (χ1n) is 7.45. The van der Waals surface area contributed by atoms with E-state index in [1.807, 2.05) is 60.7 Å². The Morgan fingerprint density at radius 3 is 1.86 bits per heavy atom. The molecule has 0 aliphatic rings. The molecule has 0 fully saturated rings. The quantitative estimate of drug-likeness (QED) is 0.799. The molecule has 2 rings (SSSR count). The van der Waals surface area contributed by atoms with E-state index in [1.165, 1.54) is 0 Å². The van der Waals surface area contributed by atoms with Crippen LogP contribution in [0.5, 0.6) is 0 Å². The van der Waals surface area contributed by atoms with E-state index in [0.29, 0.717) is 17.0 Å². The van der Waals surface area contributed by atoms with Gasteiger partial charge in [0.25, 0.3) is 0 Å². The minimum Gasteiger partial charge on any atom is -0.396 e. The lowest BCUT2D eigenvalue weighted by Crippen LogP contribution is -2.29. The summed E-state index contributed by atoms with van der Waals surface area (Å²) >= 11 is 0. The Hall–Kier alpha value is -1.70. The molecule has 0 aliphatic carbocycles. The number of aliphatic hydroxyl groups is 1. The van der Waals surface area contributed by atoms with Gasteiger partial charge in [0.05, 0.1) is 5.66 Å². The van der Waals surface area contributed by atoms with Gasteiger partial charge in [0, 0.05) is 23.6 Å². The van der Waals surface area contributed by atoms with Crippen LogP contribution in [-0.4, -0.2) is 23.2 Å². The van der Waals surface area contributed by atoms with E-state index >= 15 is 0 Å². The van der Waals surface area contributed by atoms with Crippen LogP contribution in [0.25, 0.3) is 0 Å². The lowest BCUT2D eigenvalue weighted by atomic mass is 10.2. The SMILES string of the molecule is CC(C(=O)CCCO)P(=O)(c1ccccc1)c1ccccc1. The van der Waals surface area contributed by atoms with Crippen LogP contribution in [0.3, 0.4) is 0 Å². The Balaban J connectivity index is 2.47. The van der Waals surface area contributed by atoms with Crippen molar-refractivity contribution in [2.75, 3.05) is 6.61 Å². The maximum atomic E-state index is 13.8. The Labute approximate surface area is 131 Å². The molecule has 0 bridgehead atoms. The summed E-state index contributed by atoms with van der Waals surface area (Å²) in [4.78, 5) is 12.4. The van der Waals surface area contributed by atoms with Gasteiger partial charge in [-0.1, -0.05) is 60.7 Å². The second-order valence-electron chi connectivity index (χ2n) is 5.30. The molecule has 1 N–H and O–H groups in total. The van der Waals surface area contributed by atoms with Gasteiger partial charge in [-0.15, -0.1) is 0 Å². The molecule has 2 aromatic carbocycles. The van der Waals surface area contributed by atoms with Crippen molar-refractivity contribution >= 4 is 23.5 Å². The second kappa shape index (κ2) is 7.53. The molecule has 0 aliphatic heterocycles. The summed E-state index contributed by atoms with van der Waals surface area (Å²) in [6, 6.07) is 18.4. The molecule has 0 saturated carbocycles. The summed E-state index contributed by atoms with van der Waals surface area (Å²) < 4.78 is 13.8. The van der Waals surface area contributed by atoms with Crippen molar-refractivity contribution < 1.29 is 14.5 Å². The number of ketones is 1. The van der Waals surface area contributed by atoms with Crippen LogP contribution in [0.2, 0.25) is 0 Å². The molecule has 1 atom stereocenters. The van der Waals surface area contributed by atoms with Gasteiger partial charge in [0.15, 0.2) is 7.14 Å². The number of Topliss-reactive ketones (excluding diaryl/α,β-unsaturated/α-hetero) is 1. The van der Waals surface area contributed by atoms with Gasteiger partial charge in [-0.2, -0.15) is 0 Å². The average Bonchev–Trinajstić information content (AvgIpc) is 2.59. The van der Waals surface area contributed by atoms with Crippen molar-refractivity contribution in [3.63, 3.8) is 0 Å². The van der Waals surface area contributed by atoms with Crippen molar-refractivity contribution in [1.82, 2.24) is 0 Å². The molecule has 22 heavy (non-hydrogen) atoms. The highest BCUT2D eigenvalue weighted by Crippen LogP contribution is 2.49. The predicted octanol–water partition coefficient (Wildman–Crippen LogP) is 2.73. The van der Waals surface area contributed by atoms with E-state index in [0.717, 1.165) is 0 Å². The van der Waals surface area contributed by atoms with Crippen molar-refractivity contribution in [1.29, 1.82) is 0 Å². The van der Waals surface area contributed by atoms with Crippen LogP contribution in [0.1, 0.15) is 19.8 Å². The average molecular weight is 316 g/mol. The molecular weight excluding hydrogens is 295 g/mol. The summed E-state index contributed by atoms with van der Waals surface area (Å²) in [6.45, 7) is 1.71. The van der Waals surface area contributed by atoms with Crippen LogP contribution >= 0.6 is 7.14 Å². The van der Waals surface area contributed by atoms with E-state index in [2.05, 4.69) is 0 Å². The van der Waals surface area contributed by atoms with E-state index in [9.17, 15) is 9.36 Å². The summed E-state index contributed by atoms with van der Waals surface area (Å²) in [7, 11) is -3.04. The fraction of sp³-hybridized carbons (Fsp3) is 0.278. The number of carbonyl (C=O) groups excluding carboxylic acids is 1. The lowest BCUT2D eigenvalue weighted by Gasteiger charge is -2.25. The topological polar surface area (TPSA) is 54.4 Å². The number of hydrogen-bond donors (Lipinski definition) is 1. The lowest BCUT2D eigenvalue weighted by molar-refractivity contribution is -0.118. The molecule has 0 heterocycles. The molecule has 3 nitrogen and oxygen atoms in total. The van der Waals surface area contributed by atoms with Gasteiger partial charge < -0.3 is 9.67 Å². The Morgan fingerprint density at radius 2 is 1.45 bits per heavy atom. The molecule has 116 valence electrons. The maximum Gasteiger partial charge on any atom is 0.153 e. The number of carbonyl (C=O) groups is 1. The Morgan fingerprint density at radius 1 is 1.00 bits per heavy atom. The van der Waals surface area contributed by atoms with Crippen LogP contribution in [0.4, 0.5) is 0 Å². The summed E-state index contributed by atoms with van der Waals surface area (Å²) in [5.74, 6) is -0.0647. The zero-order valence-electron chi connectivity index (χ0n) is 12.7. The van der Waals surface area contributed by atoms with Crippen molar-refractivity contribution in [3.8, 4) is 0 Å². The highest BCUT2D eigenvalue weighted by atomic mass is 31.2. The van der Waals surface area contributed by atoms with E-state index < -0.39 is 12.8 Å². The van der Waals surface area contributed by atoms with Crippen molar-refractivity contribution in [2.45, 2.75) is 25.4 Å². The third-order valence-electron chi connectivity index (χ3n) is 3.87. The first kappa shape index (κ1) is 16.7. The Bertz CT molecular complexity index is 609. The molecule has 1 unspecified atom stereocenters. The molecule has 2 aromatic rings. The zero-order valence-corrected chi connectivity index (χ0v) is 13.6. The third kappa shape index (κ3) is 3.37. The number of benzene rings is 2. The first-order chi connectivity index (χ1) is 10.6. The van der Waals surface area contributed by atoms with Gasteiger partial charge in [-0.3, -0.25) is 4.79 Å². The van der Waals surface area contributed by atoms with Crippen LogP contribution in [0, 0.1) is 0 Å². The summed E-state index contributed by atoms with van der Waals surface area (Å²) in [5.41, 5.74) is -0.594. The van der Waals surface area contributed by atoms with Crippen LogP contribution in [0.15, 0.2) is 60.7 Å². The first-order valence-corrected chi connectivity index (χ1v) is 9.23. The van der Waals surface area contributed by atoms with Gasteiger partial charge in [-0.05, 0) is 13.3 Å². The predicted molar refractivity (Wildman–Crippen MR) is 90.5 cm³/mol. The van der Waals surface area contributed by atoms with E-state index in [1.54, 1.807) is 6.92 Å². The Kier molecular flexibility index (Phi) is 5.70. The van der Waals surface area contributed by atoms with E-state index in [-0.39, 0.29) is 18.8 Å². The molecule has 4 heteroatoms. The van der Waals surface area contributed by atoms with Crippen LogP contribution in [-0.2, 0) is 9.36 Å². The smallest absolute Gasteiger partial charge is 0.153 e. The molecule has 0 aromatic heterocycles. The third-order valence-corrected chi connectivity index (χ3v) is 7.38. The normalized spacial score (nSPS) is 12.8. The molecule has 0 radical (unpaired) electrons. The van der Waals surface area contributed by atoms with Crippen molar-refractivity contribution in [3.05, 3.63) is 60.7 Å². The molecule has 0 amide bonds. The minimum atomic E-state index is -3.04. The number of rotatable bonds is 7. The standard InChI is InChI=1S/C18H21O3P/c1-15(18(20)13-8-14-19)22(21,16-9-4-2-5-10-16)17-11-6-3-7-12-17/h2-7,9-12,15,19H,8,13-14H2,1H3. The van der Waals surface area contributed by atoms with Gasteiger partial charge in [-0.25, -0.2) is 0 Å². The highest BCUT2D eigenvalue weighted by Gasteiger charge is 2.37. The molecule has 0 spiro atoms. The second-order valence-corrected chi connectivity index (χ2v) is 8.42. The fourth-order valence-corrected chi connectivity index (χ4v) is 5.52. The largest absolute Gasteiger partial charge is 0.396 e. The minimum absolute atomic E-state index is 0.0283. The fourth-order valence-electron chi connectivity index (χ4n) is 2.56. The summed E-state index contributed by atoms with van der Waals surface area (Å²) in [6.07, 6.45) is 0.661. The van der Waals surface area contributed by atoms with E-state index in [4.69, 9.17) is 5.11 Å². The molecular formula is C18H21O3P. The van der Waals surface area contributed by atoms with Crippen LogP contribution < -0.4 is 10.6 Å².